The number of carboxylic acids is 1. The molecule has 0 aromatic rings. The maximum absolute atomic E-state index is 10.3. The molecule has 0 heterocycles. The zero-order chi connectivity index (χ0) is 17.5. The zero-order valence-corrected chi connectivity index (χ0v) is 16.3. The Hall–Kier alpha value is -0.226. The van der Waals surface area contributed by atoms with Crippen molar-refractivity contribution >= 4 is 12.3 Å². The van der Waals surface area contributed by atoms with Crippen LogP contribution in [0, 0.1) is 13.8 Å². The van der Waals surface area contributed by atoms with Gasteiger partial charge in [0, 0.05) is 19.2 Å². The molecule has 0 aromatic heterocycles. The van der Waals surface area contributed by atoms with E-state index in [0.29, 0.717) is 13.2 Å². The summed E-state index contributed by atoms with van der Waals surface area (Å²) in [5.74, 6) is -1.08. The van der Waals surface area contributed by atoms with Crippen molar-refractivity contribution in [1.82, 2.24) is 0 Å². The van der Waals surface area contributed by atoms with Gasteiger partial charge >= 0.3 is 21.7 Å². The van der Waals surface area contributed by atoms with Crippen LogP contribution in [0.4, 0.5) is 0 Å². The molecule has 0 spiro atoms. The van der Waals surface area contributed by atoms with Gasteiger partial charge in [-0.2, -0.15) is 13.8 Å². The van der Waals surface area contributed by atoms with Gasteiger partial charge in [-0.3, -0.25) is 0 Å². The molecule has 6 heteroatoms. The first-order valence-corrected chi connectivity index (χ1v) is 7.28. The van der Waals surface area contributed by atoms with Crippen molar-refractivity contribution in [2.24, 2.45) is 0 Å². The molecule has 0 saturated carbocycles. The van der Waals surface area contributed by atoms with E-state index in [2.05, 4.69) is 27.7 Å². The molecule has 0 rings (SSSR count). The van der Waals surface area contributed by atoms with Crippen LogP contribution in [-0.4, -0.2) is 31.8 Å². The Morgan fingerprint density at radius 3 is 1.50 bits per heavy atom. The molecule has 22 heavy (non-hydrogen) atoms. The van der Waals surface area contributed by atoms with Gasteiger partial charge in [-0.25, -0.2) is 6.29 Å². The van der Waals surface area contributed by atoms with E-state index in [-0.39, 0.29) is 21.7 Å². The second-order valence-corrected chi connectivity index (χ2v) is 3.39. The van der Waals surface area contributed by atoms with Gasteiger partial charge in [-0.05, 0) is 19.8 Å². The Morgan fingerprint density at radius 2 is 1.32 bits per heavy atom. The van der Waals surface area contributed by atoms with Crippen molar-refractivity contribution in [1.29, 1.82) is 0 Å². The molecule has 0 aromatic carbocycles. The maximum Gasteiger partial charge on any atom is 4.00 e. The summed E-state index contributed by atoms with van der Waals surface area (Å²) in [6.45, 7) is 16.3. The molecular weight excluding hydrogens is 320 g/mol. The van der Waals surface area contributed by atoms with E-state index in [9.17, 15) is 4.79 Å². The van der Waals surface area contributed by atoms with E-state index >= 15 is 0 Å². The number of carbonyl (C=O) groups excluding carboxylic acids is 2. The van der Waals surface area contributed by atoms with Crippen LogP contribution in [-0.2, 0) is 40.8 Å². The van der Waals surface area contributed by atoms with E-state index in [4.69, 9.17) is 19.4 Å². The number of ether oxygens (including phenoxy) is 2. The van der Waals surface area contributed by atoms with Crippen molar-refractivity contribution in [2.45, 2.75) is 66.6 Å². The number of carboxylic acid groups (broad SMARTS) is 1. The number of hydrogen-bond donors (Lipinski definition) is 0. The topological polar surface area (TPSA) is 75.7 Å². The molecule has 0 radical (unpaired) electrons. The minimum Gasteiger partial charge on any atom is -0.550 e. The largest absolute Gasteiger partial charge is 4.00 e. The van der Waals surface area contributed by atoms with Gasteiger partial charge in [0.1, 0.15) is 0 Å². The summed E-state index contributed by atoms with van der Waals surface area (Å²) in [6, 6.07) is 0. The van der Waals surface area contributed by atoms with E-state index in [1.54, 1.807) is 20.1 Å². The summed E-state index contributed by atoms with van der Waals surface area (Å²) in [5, 5.41) is 8.89. The van der Waals surface area contributed by atoms with Gasteiger partial charge in [-0.15, -0.1) is 0 Å². The van der Waals surface area contributed by atoms with Crippen LogP contribution >= 0.6 is 0 Å². The Balaban J connectivity index is -0.0000000907. The predicted molar refractivity (Wildman–Crippen MR) is 83.9 cm³/mol. The van der Waals surface area contributed by atoms with Crippen molar-refractivity contribution in [3.05, 3.63) is 13.8 Å². The van der Waals surface area contributed by atoms with E-state index < -0.39 is 12.3 Å². The second-order valence-electron chi connectivity index (χ2n) is 3.39. The van der Waals surface area contributed by atoms with Crippen molar-refractivity contribution in [3.8, 4) is 0 Å². The Bertz CT molecular complexity index is 175. The Morgan fingerprint density at radius 1 is 1.05 bits per heavy atom. The fourth-order valence-corrected chi connectivity index (χ4v) is 0.786. The number of rotatable bonds is 9. The van der Waals surface area contributed by atoms with E-state index in [1.807, 2.05) is 0 Å². The molecule has 0 atom stereocenters. The van der Waals surface area contributed by atoms with E-state index in [1.165, 1.54) is 0 Å². The third-order valence-electron chi connectivity index (χ3n) is 1.63. The summed E-state index contributed by atoms with van der Waals surface area (Å²) in [5.41, 5.74) is 0. The molecule has 0 aliphatic carbocycles. The minimum absolute atomic E-state index is 0. The molecule has 0 amide bonds. The van der Waals surface area contributed by atoms with Crippen LogP contribution in [0.1, 0.15) is 60.3 Å². The first-order valence-electron chi connectivity index (χ1n) is 7.28. The number of aliphatic carboxylic acids is 1. The van der Waals surface area contributed by atoms with Crippen LogP contribution in [0.25, 0.3) is 0 Å². The minimum atomic E-state index is -1.08. The van der Waals surface area contributed by atoms with Gasteiger partial charge in [0.2, 0.25) is 0 Å². The molecule has 0 N–H and O–H groups in total. The third kappa shape index (κ3) is 50.3. The predicted octanol–water partition coefficient (Wildman–Crippen LogP) is 2.49. The fraction of sp³-hybridized carbons (Fsp3) is 0.750. The molecule has 5 nitrogen and oxygen atoms in total. The standard InChI is InChI=1S/C10H19O3.C2H4O2.2C2H5.Ti/c1-3-5-7-12-10(9-11)13-8-6-4-2;1-2(3)4;2*1-2;/h10H,3-8H2,1-2H3;1H3,(H,3,4);2*1H2,2H3;/q-1;;2*-1;+4/p-1. The van der Waals surface area contributed by atoms with Crippen molar-refractivity contribution < 1.29 is 45.9 Å². The smallest absolute Gasteiger partial charge is 0.550 e. The van der Waals surface area contributed by atoms with Crippen LogP contribution in [0.5, 0.6) is 0 Å². The first-order chi connectivity index (χ1) is 10.1. The van der Waals surface area contributed by atoms with Crippen molar-refractivity contribution in [3.63, 3.8) is 0 Å². The molecule has 0 bridgehead atoms. The summed E-state index contributed by atoms with van der Waals surface area (Å²) in [7, 11) is 0. The summed E-state index contributed by atoms with van der Waals surface area (Å²) < 4.78 is 10.3. The van der Waals surface area contributed by atoms with Crippen LogP contribution < -0.4 is 5.11 Å². The third-order valence-corrected chi connectivity index (χ3v) is 1.63. The first kappa shape index (κ1) is 33.4. The molecule has 0 unspecified atom stereocenters. The number of carbonyl (C=O) groups is 1. The zero-order valence-electron chi connectivity index (χ0n) is 14.8. The quantitative estimate of drug-likeness (QED) is 0.276. The van der Waals surface area contributed by atoms with Gasteiger partial charge in [0.25, 0.3) is 0 Å². The van der Waals surface area contributed by atoms with Crippen LogP contribution in [0.15, 0.2) is 0 Å². The van der Waals surface area contributed by atoms with Gasteiger partial charge in [0.05, 0.1) is 6.29 Å². The summed E-state index contributed by atoms with van der Waals surface area (Å²) in [4.78, 5) is 19.2. The fourth-order valence-electron chi connectivity index (χ4n) is 0.786. The average molecular weight is 352 g/mol. The number of hydrogen-bond acceptors (Lipinski definition) is 5. The number of unbranched alkanes of at least 4 members (excludes halogenated alkanes) is 2. The summed E-state index contributed by atoms with van der Waals surface area (Å²) in [6.07, 6.45) is 4.97. The van der Waals surface area contributed by atoms with Crippen LogP contribution in [0.2, 0.25) is 0 Å². The molecule has 0 aliphatic rings. The average Bonchev–Trinajstić information content (AvgIpc) is 2.49. The van der Waals surface area contributed by atoms with Gasteiger partial charge in [0.15, 0.2) is 0 Å². The van der Waals surface area contributed by atoms with Crippen molar-refractivity contribution in [2.75, 3.05) is 13.2 Å². The molecule has 0 fully saturated rings. The Labute approximate surface area is 152 Å². The molecule has 130 valence electrons. The molecule has 0 aliphatic heterocycles. The summed E-state index contributed by atoms with van der Waals surface area (Å²) >= 11 is 0. The van der Waals surface area contributed by atoms with E-state index in [0.717, 1.165) is 32.6 Å². The maximum atomic E-state index is 10.3. The second kappa shape index (κ2) is 37.2. The van der Waals surface area contributed by atoms with Gasteiger partial charge < -0.3 is 38.0 Å². The SMILES string of the molecule is CC(=O)[O-].CCCCOC([C-]=O)OCCCC.[CH2-]C.[CH2-]C.[Ti+4]. The molecular formula is C16H32O5Ti. The normalized spacial score (nSPS) is 8.00. The molecule has 0 saturated heterocycles. The van der Waals surface area contributed by atoms with Gasteiger partial charge in [-0.1, -0.05) is 26.7 Å². The van der Waals surface area contributed by atoms with Crippen LogP contribution in [0.3, 0.4) is 0 Å². The monoisotopic (exact) mass is 352 g/mol. The Kier molecular flexibility index (Phi) is 56.5.